The predicted molar refractivity (Wildman–Crippen MR) is 120 cm³/mol. The van der Waals surface area contributed by atoms with Crippen molar-refractivity contribution in [3.05, 3.63) is 23.2 Å². The van der Waals surface area contributed by atoms with E-state index in [-0.39, 0.29) is 5.54 Å². The van der Waals surface area contributed by atoms with Gasteiger partial charge in [-0.15, -0.1) is 0 Å². The molecule has 0 aromatic heterocycles. The topological polar surface area (TPSA) is 61.4 Å². The average molecular weight is 424 g/mol. The molecule has 29 heavy (non-hydrogen) atoms. The number of hydrogen-bond acceptors (Lipinski definition) is 5. The molecule has 1 aromatic carbocycles. The summed E-state index contributed by atoms with van der Waals surface area (Å²) in [4.78, 5) is 9.22. The van der Waals surface area contributed by atoms with Crippen LogP contribution >= 0.6 is 11.6 Å². The number of nitrogens with one attached hydrogen (secondary N) is 2. The van der Waals surface area contributed by atoms with Crippen LogP contribution < -0.4 is 20.3 Å². The third-order valence-corrected chi connectivity index (χ3v) is 6.02. The van der Waals surface area contributed by atoms with Crippen LogP contribution in [0.5, 0.6) is 5.75 Å². The fourth-order valence-corrected chi connectivity index (χ4v) is 4.14. The molecule has 1 atom stereocenters. The number of morpholine rings is 1. The van der Waals surface area contributed by atoms with Crippen LogP contribution in [-0.2, 0) is 4.74 Å². The summed E-state index contributed by atoms with van der Waals surface area (Å²) in [6.07, 6.45) is 1.03. The highest BCUT2D eigenvalue weighted by Crippen LogP contribution is 2.33. The molecule has 2 fully saturated rings. The molecule has 0 saturated carbocycles. The quantitative estimate of drug-likeness (QED) is 0.540. The molecule has 1 unspecified atom stereocenters. The third-order valence-electron chi connectivity index (χ3n) is 5.79. The van der Waals surface area contributed by atoms with Gasteiger partial charge in [0.1, 0.15) is 5.75 Å². The summed E-state index contributed by atoms with van der Waals surface area (Å²) in [6.45, 7) is 10.7. The monoisotopic (exact) mass is 423 g/mol. The first-order chi connectivity index (χ1) is 13.9. The van der Waals surface area contributed by atoms with Gasteiger partial charge >= 0.3 is 0 Å². The largest absolute Gasteiger partial charge is 0.495 e. The van der Waals surface area contributed by atoms with Gasteiger partial charge in [0, 0.05) is 56.4 Å². The van der Waals surface area contributed by atoms with Crippen LogP contribution in [0.25, 0.3) is 0 Å². The molecular weight excluding hydrogens is 390 g/mol. The van der Waals surface area contributed by atoms with Gasteiger partial charge in [0.2, 0.25) is 0 Å². The van der Waals surface area contributed by atoms with Crippen molar-refractivity contribution in [3.63, 3.8) is 0 Å². The summed E-state index contributed by atoms with van der Waals surface area (Å²) in [5.74, 6) is 1.70. The second-order valence-electron chi connectivity index (χ2n) is 8.23. The van der Waals surface area contributed by atoms with Crippen molar-refractivity contribution in [2.45, 2.75) is 31.8 Å². The highest BCUT2D eigenvalue weighted by Gasteiger charge is 2.29. The number of methoxy groups -OCH3 is 1. The van der Waals surface area contributed by atoms with E-state index in [2.05, 4.69) is 39.3 Å². The maximum absolute atomic E-state index is 6.20. The van der Waals surface area contributed by atoms with Crippen molar-refractivity contribution in [3.8, 4) is 5.75 Å². The average Bonchev–Trinajstić information content (AvgIpc) is 3.20. The maximum atomic E-state index is 6.20. The molecule has 2 heterocycles. The Labute approximate surface area is 179 Å². The second-order valence-corrected chi connectivity index (χ2v) is 8.67. The van der Waals surface area contributed by atoms with Crippen molar-refractivity contribution >= 4 is 23.2 Å². The van der Waals surface area contributed by atoms with Crippen LogP contribution in [-0.4, -0.2) is 82.5 Å². The highest BCUT2D eigenvalue weighted by molar-refractivity contribution is 6.30. The van der Waals surface area contributed by atoms with Crippen LogP contribution in [0.15, 0.2) is 23.2 Å². The van der Waals surface area contributed by atoms with E-state index in [1.807, 2.05) is 25.2 Å². The first-order valence-corrected chi connectivity index (χ1v) is 10.7. The number of anilines is 1. The summed E-state index contributed by atoms with van der Waals surface area (Å²) in [6, 6.07) is 6.07. The second kappa shape index (κ2) is 9.87. The lowest BCUT2D eigenvalue weighted by Crippen LogP contribution is -2.57. The molecule has 3 rings (SSSR count). The Kier molecular flexibility index (Phi) is 7.49. The van der Waals surface area contributed by atoms with E-state index >= 15 is 0 Å². The predicted octanol–water partition coefficient (Wildman–Crippen LogP) is 2.20. The Hall–Kier alpha value is -1.70. The Morgan fingerprint density at radius 1 is 1.31 bits per heavy atom. The molecule has 0 radical (unpaired) electrons. The van der Waals surface area contributed by atoms with Gasteiger partial charge < -0.3 is 25.0 Å². The molecule has 2 aliphatic heterocycles. The van der Waals surface area contributed by atoms with Gasteiger partial charge in [-0.1, -0.05) is 11.6 Å². The molecule has 7 nitrogen and oxygen atoms in total. The Morgan fingerprint density at radius 3 is 2.76 bits per heavy atom. The molecule has 2 aliphatic rings. The lowest BCUT2D eigenvalue weighted by molar-refractivity contribution is -0.00834. The molecule has 2 N–H and O–H groups in total. The number of halogens is 1. The summed E-state index contributed by atoms with van der Waals surface area (Å²) in [7, 11) is 3.52. The minimum absolute atomic E-state index is 0.0390. The van der Waals surface area contributed by atoms with E-state index in [0.717, 1.165) is 74.8 Å². The fourth-order valence-electron chi connectivity index (χ4n) is 3.98. The standard InChI is InChI=1S/C21H34ClN5O2/c1-21(2,27-9-11-29-12-10-27)15-24-20(23-3)25-17-7-8-26(14-17)18-13-16(22)5-6-19(18)28-4/h5-6,13,17H,7-12,14-15H2,1-4H3,(H2,23,24,25). The van der Waals surface area contributed by atoms with Crippen molar-refractivity contribution in [2.24, 2.45) is 4.99 Å². The first kappa shape index (κ1) is 22.0. The van der Waals surface area contributed by atoms with Crippen molar-refractivity contribution in [1.29, 1.82) is 0 Å². The Bertz CT molecular complexity index is 706. The number of aliphatic imine (C=N–C) groups is 1. The van der Waals surface area contributed by atoms with E-state index in [1.54, 1.807) is 7.11 Å². The number of hydrogen-bond donors (Lipinski definition) is 2. The molecule has 0 bridgehead atoms. The van der Waals surface area contributed by atoms with E-state index in [9.17, 15) is 0 Å². The number of ether oxygens (including phenoxy) is 2. The number of benzene rings is 1. The molecule has 2 saturated heterocycles. The van der Waals surface area contributed by atoms with Crippen LogP contribution in [0.4, 0.5) is 5.69 Å². The molecule has 0 spiro atoms. The number of rotatable bonds is 6. The first-order valence-electron chi connectivity index (χ1n) is 10.3. The number of guanidine groups is 1. The van der Waals surface area contributed by atoms with Crippen molar-refractivity contribution in [1.82, 2.24) is 15.5 Å². The SMILES string of the molecule is CN=C(NCC(C)(C)N1CCOCC1)NC1CCN(c2cc(Cl)ccc2OC)C1. The minimum Gasteiger partial charge on any atom is -0.495 e. The smallest absolute Gasteiger partial charge is 0.191 e. The maximum Gasteiger partial charge on any atom is 0.191 e. The van der Waals surface area contributed by atoms with E-state index in [0.29, 0.717) is 6.04 Å². The summed E-state index contributed by atoms with van der Waals surface area (Å²) >= 11 is 6.20. The molecular formula is C21H34ClN5O2. The molecule has 162 valence electrons. The van der Waals surface area contributed by atoms with Gasteiger partial charge in [-0.2, -0.15) is 0 Å². The summed E-state index contributed by atoms with van der Waals surface area (Å²) < 4.78 is 11.0. The Balaban J connectivity index is 1.53. The van der Waals surface area contributed by atoms with Crippen LogP contribution in [0.2, 0.25) is 5.02 Å². The zero-order valence-corrected chi connectivity index (χ0v) is 18.8. The zero-order valence-electron chi connectivity index (χ0n) is 18.0. The van der Waals surface area contributed by atoms with Gasteiger partial charge in [-0.05, 0) is 38.5 Å². The minimum atomic E-state index is 0.0390. The van der Waals surface area contributed by atoms with Crippen molar-refractivity contribution < 1.29 is 9.47 Å². The number of nitrogens with zero attached hydrogens (tertiary/aromatic N) is 3. The van der Waals surface area contributed by atoms with Gasteiger partial charge in [-0.3, -0.25) is 9.89 Å². The van der Waals surface area contributed by atoms with Gasteiger partial charge in [0.15, 0.2) is 5.96 Å². The van der Waals surface area contributed by atoms with Crippen LogP contribution in [0.1, 0.15) is 20.3 Å². The third kappa shape index (κ3) is 5.68. The van der Waals surface area contributed by atoms with Gasteiger partial charge in [0.05, 0.1) is 26.0 Å². The lowest BCUT2D eigenvalue weighted by atomic mass is 10.0. The zero-order chi connectivity index (χ0) is 20.9. The molecule has 1 aromatic rings. The van der Waals surface area contributed by atoms with E-state index < -0.39 is 0 Å². The van der Waals surface area contributed by atoms with E-state index in [1.165, 1.54) is 0 Å². The fraction of sp³-hybridized carbons (Fsp3) is 0.667. The van der Waals surface area contributed by atoms with Gasteiger partial charge in [0.25, 0.3) is 0 Å². The van der Waals surface area contributed by atoms with Crippen molar-refractivity contribution in [2.75, 3.05) is 65.0 Å². The molecule has 0 amide bonds. The summed E-state index contributed by atoms with van der Waals surface area (Å²) in [5, 5.41) is 7.81. The highest BCUT2D eigenvalue weighted by atomic mass is 35.5. The molecule has 0 aliphatic carbocycles. The van der Waals surface area contributed by atoms with Crippen LogP contribution in [0.3, 0.4) is 0 Å². The normalized spacial score (nSPS) is 21.3. The summed E-state index contributed by atoms with van der Waals surface area (Å²) in [5.41, 5.74) is 1.08. The van der Waals surface area contributed by atoms with Crippen LogP contribution in [0, 0.1) is 0 Å². The molecule has 8 heteroatoms. The lowest BCUT2D eigenvalue weighted by Gasteiger charge is -2.41. The van der Waals surface area contributed by atoms with E-state index in [4.69, 9.17) is 21.1 Å². The van der Waals surface area contributed by atoms with Gasteiger partial charge in [-0.25, -0.2) is 0 Å². The Morgan fingerprint density at radius 2 is 2.07 bits per heavy atom.